The molecule has 1 unspecified atom stereocenters. The van der Waals surface area contributed by atoms with E-state index in [2.05, 4.69) is 6.92 Å². The number of aliphatic carboxylic acids is 1. The van der Waals surface area contributed by atoms with E-state index in [4.69, 9.17) is 24.4 Å². The molecule has 0 aliphatic rings. The molecule has 0 aromatic heterocycles. The van der Waals surface area contributed by atoms with Crippen LogP contribution in [0.3, 0.4) is 0 Å². The van der Waals surface area contributed by atoms with Crippen molar-refractivity contribution in [2.24, 2.45) is 5.92 Å². The van der Waals surface area contributed by atoms with Crippen LogP contribution in [0.1, 0.15) is 32.6 Å². The molecule has 0 aliphatic carbocycles. The van der Waals surface area contributed by atoms with Crippen molar-refractivity contribution in [2.45, 2.75) is 32.6 Å². The van der Waals surface area contributed by atoms with Crippen LogP contribution in [0.2, 0.25) is 0 Å². The predicted molar refractivity (Wildman–Crippen MR) is 74.8 cm³/mol. The Morgan fingerprint density at radius 1 is 1.05 bits per heavy atom. The molecule has 0 aromatic rings. The normalized spacial score (nSPS) is 12.5. The molecule has 0 fully saturated rings. The molecule has 0 radical (unpaired) electrons. The molecular formula is C14H28O6. The quantitative estimate of drug-likeness (QED) is 0.443. The number of unbranched alkanes of at least 4 members (excludes halogenated alkanes) is 1. The van der Waals surface area contributed by atoms with Crippen LogP contribution in [0.25, 0.3) is 0 Å². The third kappa shape index (κ3) is 13.7. The van der Waals surface area contributed by atoms with E-state index in [1.165, 1.54) is 0 Å². The van der Waals surface area contributed by atoms with Gasteiger partial charge in [-0.15, -0.1) is 0 Å². The Balaban J connectivity index is 3.45. The van der Waals surface area contributed by atoms with Crippen LogP contribution in [0, 0.1) is 5.92 Å². The van der Waals surface area contributed by atoms with Crippen molar-refractivity contribution in [3.05, 3.63) is 0 Å². The second kappa shape index (κ2) is 14.7. The average molecular weight is 292 g/mol. The second-order valence-corrected chi connectivity index (χ2v) is 4.63. The highest BCUT2D eigenvalue weighted by Crippen LogP contribution is 2.13. The molecule has 0 spiro atoms. The van der Waals surface area contributed by atoms with Crippen molar-refractivity contribution in [2.75, 3.05) is 46.2 Å². The molecule has 6 nitrogen and oxygen atoms in total. The van der Waals surface area contributed by atoms with Gasteiger partial charge in [0, 0.05) is 0 Å². The van der Waals surface area contributed by atoms with Gasteiger partial charge in [0.15, 0.2) is 0 Å². The van der Waals surface area contributed by atoms with Gasteiger partial charge in [0.1, 0.15) is 0 Å². The van der Waals surface area contributed by atoms with E-state index in [0.29, 0.717) is 39.6 Å². The zero-order chi connectivity index (χ0) is 15.1. The van der Waals surface area contributed by atoms with Crippen molar-refractivity contribution >= 4 is 5.97 Å². The summed E-state index contributed by atoms with van der Waals surface area (Å²) in [6.07, 6.45) is 3.14. The van der Waals surface area contributed by atoms with E-state index in [1.54, 1.807) is 0 Å². The first-order valence-corrected chi connectivity index (χ1v) is 7.26. The second-order valence-electron chi connectivity index (χ2n) is 4.63. The molecule has 0 saturated heterocycles. The Hall–Kier alpha value is -0.690. The van der Waals surface area contributed by atoms with Crippen molar-refractivity contribution in [1.29, 1.82) is 0 Å². The molecule has 2 N–H and O–H groups in total. The van der Waals surface area contributed by atoms with E-state index < -0.39 is 5.97 Å². The van der Waals surface area contributed by atoms with Crippen LogP contribution in [0.4, 0.5) is 0 Å². The molecular weight excluding hydrogens is 264 g/mol. The Kier molecular flexibility index (Phi) is 14.2. The molecule has 0 rings (SSSR count). The Morgan fingerprint density at radius 2 is 1.65 bits per heavy atom. The fraction of sp³-hybridized carbons (Fsp3) is 0.929. The molecule has 0 saturated carbocycles. The first-order chi connectivity index (χ1) is 9.70. The van der Waals surface area contributed by atoms with Crippen molar-refractivity contribution < 1.29 is 29.2 Å². The third-order valence-electron chi connectivity index (χ3n) is 2.76. The van der Waals surface area contributed by atoms with Crippen molar-refractivity contribution in [1.82, 2.24) is 0 Å². The van der Waals surface area contributed by atoms with Crippen LogP contribution < -0.4 is 0 Å². The Morgan fingerprint density at radius 3 is 2.20 bits per heavy atom. The summed E-state index contributed by atoms with van der Waals surface area (Å²) in [6.45, 7) is 4.76. The number of carbonyl (C=O) groups is 1. The molecule has 0 aliphatic heterocycles. The summed E-state index contributed by atoms with van der Waals surface area (Å²) in [5.74, 6) is -0.688. The fourth-order valence-electron chi connectivity index (χ4n) is 1.74. The highest BCUT2D eigenvalue weighted by atomic mass is 16.5. The van der Waals surface area contributed by atoms with Gasteiger partial charge in [-0.2, -0.15) is 0 Å². The maximum Gasteiger partial charge on any atom is 0.303 e. The lowest BCUT2D eigenvalue weighted by molar-refractivity contribution is -0.138. The number of carboxylic acids is 1. The van der Waals surface area contributed by atoms with Gasteiger partial charge in [0.2, 0.25) is 0 Å². The predicted octanol–water partition coefficient (Wildman–Crippen LogP) is 1.31. The maximum absolute atomic E-state index is 10.7. The molecule has 0 heterocycles. The Labute approximate surface area is 121 Å². The number of aliphatic hydroxyl groups is 1. The minimum Gasteiger partial charge on any atom is -0.481 e. The lowest BCUT2D eigenvalue weighted by Crippen LogP contribution is -2.17. The maximum atomic E-state index is 10.7. The standard InChI is InChI=1S/C14H28O6/c1-2-3-4-13(11-14(16)17)12-20-10-9-19-8-7-18-6-5-15/h13,15H,2-12H2,1H3,(H,16,17). The molecule has 0 amide bonds. The van der Waals surface area contributed by atoms with Gasteiger partial charge in [0.05, 0.1) is 52.7 Å². The highest BCUT2D eigenvalue weighted by molar-refractivity contribution is 5.67. The minimum atomic E-state index is -0.771. The molecule has 120 valence electrons. The van der Waals surface area contributed by atoms with Gasteiger partial charge in [-0.1, -0.05) is 19.8 Å². The number of hydrogen-bond acceptors (Lipinski definition) is 5. The van der Waals surface area contributed by atoms with Crippen LogP contribution >= 0.6 is 0 Å². The van der Waals surface area contributed by atoms with E-state index in [0.717, 1.165) is 19.3 Å². The van der Waals surface area contributed by atoms with E-state index in [9.17, 15) is 4.79 Å². The zero-order valence-electron chi connectivity index (χ0n) is 12.4. The zero-order valence-corrected chi connectivity index (χ0v) is 12.4. The fourth-order valence-corrected chi connectivity index (χ4v) is 1.74. The molecule has 0 aromatic carbocycles. The monoisotopic (exact) mass is 292 g/mol. The average Bonchev–Trinajstić information content (AvgIpc) is 2.42. The number of ether oxygens (including phenoxy) is 3. The lowest BCUT2D eigenvalue weighted by Gasteiger charge is -2.14. The largest absolute Gasteiger partial charge is 0.481 e. The molecule has 20 heavy (non-hydrogen) atoms. The highest BCUT2D eigenvalue weighted by Gasteiger charge is 2.12. The van der Waals surface area contributed by atoms with Crippen molar-refractivity contribution in [3.63, 3.8) is 0 Å². The van der Waals surface area contributed by atoms with E-state index in [1.807, 2.05) is 0 Å². The first kappa shape index (κ1) is 19.3. The molecule has 6 heteroatoms. The number of rotatable bonds is 15. The summed E-state index contributed by atoms with van der Waals surface area (Å²) in [4.78, 5) is 10.7. The lowest BCUT2D eigenvalue weighted by atomic mass is 10.00. The summed E-state index contributed by atoms with van der Waals surface area (Å²) < 4.78 is 15.8. The topological polar surface area (TPSA) is 85.2 Å². The number of carboxylic acid groups (broad SMARTS) is 1. The van der Waals surface area contributed by atoms with Crippen LogP contribution in [-0.2, 0) is 19.0 Å². The van der Waals surface area contributed by atoms with E-state index in [-0.39, 0.29) is 18.9 Å². The summed E-state index contributed by atoms with van der Waals surface area (Å²) in [6, 6.07) is 0. The van der Waals surface area contributed by atoms with Gasteiger partial charge in [0.25, 0.3) is 0 Å². The van der Waals surface area contributed by atoms with Crippen LogP contribution in [-0.4, -0.2) is 62.4 Å². The van der Waals surface area contributed by atoms with Crippen LogP contribution in [0.15, 0.2) is 0 Å². The van der Waals surface area contributed by atoms with Gasteiger partial charge < -0.3 is 24.4 Å². The minimum absolute atomic E-state index is 0.0197. The SMILES string of the molecule is CCCCC(COCCOCCOCCO)CC(=O)O. The number of hydrogen-bond donors (Lipinski definition) is 2. The third-order valence-corrected chi connectivity index (χ3v) is 2.76. The van der Waals surface area contributed by atoms with E-state index >= 15 is 0 Å². The summed E-state index contributed by atoms with van der Waals surface area (Å²) in [5.41, 5.74) is 0. The molecule has 0 bridgehead atoms. The van der Waals surface area contributed by atoms with Crippen molar-refractivity contribution in [3.8, 4) is 0 Å². The molecule has 1 atom stereocenters. The van der Waals surface area contributed by atoms with Gasteiger partial charge in [-0.3, -0.25) is 4.79 Å². The first-order valence-electron chi connectivity index (χ1n) is 7.26. The van der Waals surface area contributed by atoms with Crippen LogP contribution in [0.5, 0.6) is 0 Å². The van der Waals surface area contributed by atoms with Gasteiger partial charge >= 0.3 is 5.97 Å². The summed E-state index contributed by atoms with van der Waals surface area (Å²) in [7, 11) is 0. The summed E-state index contributed by atoms with van der Waals surface area (Å²) in [5, 5.41) is 17.3. The summed E-state index contributed by atoms with van der Waals surface area (Å²) >= 11 is 0. The smallest absolute Gasteiger partial charge is 0.303 e. The van der Waals surface area contributed by atoms with Gasteiger partial charge in [-0.05, 0) is 12.3 Å². The number of aliphatic hydroxyl groups excluding tert-OH is 1. The van der Waals surface area contributed by atoms with Gasteiger partial charge in [-0.25, -0.2) is 0 Å². The Bertz CT molecular complexity index is 222.